The maximum absolute atomic E-state index is 13.7. The lowest BCUT2D eigenvalue weighted by atomic mass is 10.1. The van der Waals surface area contributed by atoms with Gasteiger partial charge in [-0.05, 0) is 24.6 Å². The van der Waals surface area contributed by atoms with E-state index in [0.29, 0.717) is 31.7 Å². The molecule has 0 aliphatic heterocycles. The van der Waals surface area contributed by atoms with Gasteiger partial charge in [0.05, 0.1) is 6.61 Å². The maximum atomic E-state index is 13.7. The number of benzene rings is 1. The highest BCUT2D eigenvalue weighted by Gasteiger charge is 2.09. The van der Waals surface area contributed by atoms with Gasteiger partial charge < -0.3 is 15.0 Å². The quantitative estimate of drug-likeness (QED) is 0.862. The Hall–Kier alpha value is -1.88. The summed E-state index contributed by atoms with van der Waals surface area (Å²) < 4.78 is 21.2. The van der Waals surface area contributed by atoms with Gasteiger partial charge in [0, 0.05) is 25.9 Å². The molecule has 0 spiro atoms. The summed E-state index contributed by atoms with van der Waals surface area (Å²) in [5.41, 5.74) is 6.32. The molecule has 0 unspecified atom stereocenters. The summed E-state index contributed by atoms with van der Waals surface area (Å²) in [4.78, 5) is 4.20. The van der Waals surface area contributed by atoms with Gasteiger partial charge in [0.15, 0.2) is 11.6 Å². The summed E-state index contributed by atoms with van der Waals surface area (Å²) in [5.74, 6) is 0.879. The lowest BCUT2D eigenvalue weighted by molar-refractivity contribution is 0.298. The molecule has 102 valence electrons. The third kappa shape index (κ3) is 3.32. The van der Waals surface area contributed by atoms with E-state index in [9.17, 15) is 4.39 Å². The van der Waals surface area contributed by atoms with E-state index in [1.807, 2.05) is 23.9 Å². The van der Waals surface area contributed by atoms with Crippen LogP contribution in [0.4, 0.5) is 4.39 Å². The number of aryl methyl sites for hydroxylation is 1. The molecule has 1 heterocycles. The highest BCUT2D eigenvalue weighted by Crippen LogP contribution is 2.23. The van der Waals surface area contributed by atoms with Gasteiger partial charge >= 0.3 is 0 Å². The van der Waals surface area contributed by atoms with E-state index in [2.05, 4.69) is 4.98 Å². The second kappa shape index (κ2) is 6.33. The molecular formula is C14H18FN3O. The van der Waals surface area contributed by atoms with E-state index < -0.39 is 0 Å². The second-order valence-electron chi connectivity index (χ2n) is 4.32. The van der Waals surface area contributed by atoms with Crippen molar-refractivity contribution in [1.29, 1.82) is 0 Å². The fraction of sp³-hybridized carbons (Fsp3) is 0.357. The molecule has 0 fully saturated rings. The number of aromatic nitrogens is 2. The molecule has 0 saturated heterocycles. The predicted octanol–water partition coefficient (Wildman–Crippen LogP) is 1.68. The zero-order chi connectivity index (χ0) is 13.7. The van der Waals surface area contributed by atoms with Gasteiger partial charge in [-0.15, -0.1) is 0 Å². The zero-order valence-electron chi connectivity index (χ0n) is 11.0. The standard InChI is InChI=1S/C14H18FN3O/c1-18-9-8-17-13(18)6-10-19-14-11(5-7-16)3-2-4-12(14)15/h2-4,8-9H,5-7,10,16H2,1H3. The van der Waals surface area contributed by atoms with E-state index in [0.717, 1.165) is 11.4 Å². The Morgan fingerprint density at radius 3 is 2.89 bits per heavy atom. The van der Waals surface area contributed by atoms with Gasteiger partial charge in [0.2, 0.25) is 0 Å². The lowest BCUT2D eigenvalue weighted by Gasteiger charge is -2.11. The number of nitrogens with two attached hydrogens (primary N) is 1. The molecule has 2 N–H and O–H groups in total. The van der Waals surface area contributed by atoms with Crippen LogP contribution in [0.3, 0.4) is 0 Å². The van der Waals surface area contributed by atoms with Crippen LogP contribution in [0.15, 0.2) is 30.6 Å². The topological polar surface area (TPSA) is 53.1 Å². The largest absolute Gasteiger partial charge is 0.490 e. The molecule has 0 bridgehead atoms. The number of para-hydroxylation sites is 1. The maximum Gasteiger partial charge on any atom is 0.165 e. The van der Waals surface area contributed by atoms with Gasteiger partial charge in [0.1, 0.15) is 5.82 Å². The van der Waals surface area contributed by atoms with Gasteiger partial charge in [-0.1, -0.05) is 12.1 Å². The van der Waals surface area contributed by atoms with Crippen molar-refractivity contribution in [2.45, 2.75) is 12.8 Å². The SMILES string of the molecule is Cn1ccnc1CCOc1c(F)cccc1CCN. The summed E-state index contributed by atoms with van der Waals surface area (Å²) in [6.45, 7) is 0.864. The number of hydrogen-bond acceptors (Lipinski definition) is 3. The third-order valence-electron chi connectivity index (χ3n) is 2.96. The number of nitrogens with zero attached hydrogens (tertiary/aromatic N) is 2. The summed E-state index contributed by atoms with van der Waals surface area (Å²) >= 11 is 0. The van der Waals surface area contributed by atoms with Crippen LogP contribution in [-0.4, -0.2) is 22.7 Å². The van der Waals surface area contributed by atoms with Crippen LogP contribution in [0.25, 0.3) is 0 Å². The highest BCUT2D eigenvalue weighted by atomic mass is 19.1. The highest BCUT2D eigenvalue weighted by molar-refractivity contribution is 5.35. The summed E-state index contributed by atoms with van der Waals surface area (Å²) in [7, 11) is 1.92. The van der Waals surface area contributed by atoms with Gasteiger partial charge in [-0.25, -0.2) is 9.37 Å². The third-order valence-corrected chi connectivity index (χ3v) is 2.96. The number of halogens is 1. The minimum absolute atomic E-state index is 0.308. The number of hydrogen-bond donors (Lipinski definition) is 1. The molecule has 19 heavy (non-hydrogen) atoms. The lowest BCUT2D eigenvalue weighted by Crippen LogP contribution is -2.10. The van der Waals surface area contributed by atoms with Crippen molar-refractivity contribution in [3.63, 3.8) is 0 Å². The van der Waals surface area contributed by atoms with Crippen molar-refractivity contribution in [2.24, 2.45) is 12.8 Å². The van der Waals surface area contributed by atoms with E-state index in [1.165, 1.54) is 6.07 Å². The normalized spacial score (nSPS) is 10.7. The first-order valence-corrected chi connectivity index (χ1v) is 6.29. The molecule has 0 amide bonds. The monoisotopic (exact) mass is 263 g/mol. The van der Waals surface area contributed by atoms with Crippen LogP contribution < -0.4 is 10.5 Å². The molecule has 0 atom stereocenters. The number of rotatable bonds is 6. The fourth-order valence-electron chi connectivity index (χ4n) is 1.95. The average Bonchev–Trinajstić information content (AvgIpc) is 2.79. The Morgan fingerprint density at radius 1 is 1.37 bits per heavy atom. The Bertz CT molecular complexity index is 539. The predicted molar refractivity (Wildman–Crippen MR) is 71.6 cm³/mol. The van der Waals surface area contributed by atoms with E-state index >= 15 is 0 Å². The summed E-state index contributed by atoms with van der Waals surface area (Å²) in [6.07, 6.45) is 4.85. The molecule has 0 radical (unpaired) electrons. The number of imidazole rings is 1. The second-order valence-corrected chi connectivity index (χ2v) is 4.32. The van der Waals surface area contributed by atoms with Gasteiger partial charge in [-0.2, -0.15) is 0 Å². The van der Waals surface area contributed by atoms with E-state index in [-0.39, 0.29) is 5.82 Å². The molecule has 1 aromatic heterocycles. The van der Waals surface area contributed by atoms with Crippen LogP contribution >= 0.6 is 0 Å². The average molecular weight is 263 g/mol. The zero-order valence-corrected chi connectivity index (χ0v) is 11.0. The smallest absolute Gasteiger partial charge is 0.165 e. The molecular weight excluding hydrogens is 245 g/mol. The minimum Gasteiger partial charge on any atom is -0.490 e. The molecule has 2 aromatic rings. The van der Waals surface area contributed by atoms with Crippen molar-refractivity contribution in [1.82, 2.24) is 9.55 Å². The molecule has 0 saturated carbocycles. The van der Waals surface area contributed by atoms with E-state index in [4.69, 9.17) is 10.5 Å². The van der Waals surface area contributed by atoms with Crippen LogP contribution in [0.1, 0.15) is 11.4 Å². The Morgan fingerprint density at radius 2 is 2.21 bits per heavy atom. The van der Waals surface area contributed by atoms with Crippen molar-refractivity contribution in [3.05, 3.63) is 47.8 Å². The van der Waals surface area contributed by atoms with Crippen molar-refractivity contribution in [2.75, 3.05) is 13.2 Å². The van der Waals surface area contributed by atoms with Gasteiger partial charge in [0.25, 0.3) is 0 Å². The van der Waals surface area contributed by atoms with Gasteiger partial charge in [-0.3, -0.25) is 0 Å². The van der Waals surface area contributed by atoms with Crippen LogP contribution in [0.5, 0.6) is 5.75 Å². The van der Waals surface area contributed by atoms with Crippen molar-refractivity contribution in [3.8, 4) is 5.75 Å². The summed E-state index contributed by atoms with van der Waals surface area (Å²) in [6, 6.07) is 4.91. The molecule has 5 heteroatoms. The summed E-state index contributed by atoms with van der Waals surface area (Å²) in [5, 5.41) is 0. The Balaban J connectivity index is 2.01. The molecule has 4 nitrogen and oxygen atoms in total. The molecule has 0 aliphatic rings. The van der Waals surface area contributed by atoms with Crippen LogP contribution in [-0.2, 0) is 19.9 Å². The Labute approximate surface area is 112 Å². The molecule has 0 aliphatic carbocycles. The van der Waals surface area contributed by atoms with Crippen LogP contribution in [0.2, 0.25) is 0 Å². The first-order chi connectivity index (χ1) is 9.22. The van der Waals surface area contributed by atoms with E-state index in [1.54, 1.807) is 12.3 Å². The first kappa shape index (κ1) is 13.5. The Kier molecular flexibility index (Phi) is 4.52. The van der Waals surface area contributed by atoms with Crippen molar-refractivity contribution < 1.29 is 9.13 Å². The fourth-order valence-corrected chi connectivity index (χ4v) is 1.95. The molecule has 1 aromatic carbocycles. The first-order valence-electron chi connectivity index (χ1n) is 6.29. The molecule has 2 rings (SSSR count). The van der Waals surface area contributed by atoms with Crippen LogP contribution in [0, 0.1) is 5.82 Å². The number of ether oxygens (including phenoxy) is 1. The minimum atomic E-state index is -0.342. The van der Waals surface area contributed by atoms with Crippen molar-refractivity contribution >= 4 is 0 Å².